The summed E-state index contributed by atoms with van der Waals surface area (Å²) in [7, 11) is 3.18. The van der Waals surface area contributed by atoms with E-state index in [0.717, 1.165) is 0 Å². The predicted octanol–water partition coefficient (Wildman–Crippen LogP) is 1.98. The van der Waals surface area contributed by atoms with E-state index in [-0.39, 0.29) is 5.91 Å². The maximum Gasteiger partial charge on any atom is 0.272 e. The number of hydrogen-bond acceptors (Lipinski definition) is 4. The summed E-state index contributed by atoms with van der Waals surface area (Å²) < 4.78 is 12.0. The number of hydrogen-bond donors (Lipinski definition) is 2. The van der Waals surface area contributed by atoms with Crippen LogP contribution < -0.4 is 15.8 Å². The largest absolute Gasteiger partial charge is 0.495 e. The molecule has 2 aromatic rings. The van der Waals surface area contributed by atoms with Gasteiger partial charge in [0, 0.05) is 25.5 Å². The van der Waals surface area contributed by atoms with Crippen LogP contribution in [-0.2, 0) is 11.3 Å². The molecule has 3 N–H and O–H groups in total. The zero-order valence-corrected chi connectivity index (χ0v) is 12.1. The Labute approximate surface area is 123 Å². The molecule has 1 aromatic carbocycles. The summed E-state index contributed by atoms with van der Waals surface area (Å²) in [6, 6.07) is 8.72. The second-order valence-electron chi connectivity index (χ2n) is 4.49. The number of amides is 1. The number of nitrogens with two attached hydrogens (primary N) is 1. The Balaban J connectivity index is 2.11. The number of nitrogen functional groups attached to an aromatic ring is 1. The summed E-state index contributed by atoms with van der Waals surface area (Å²) >= 11 is 0. The van der Waals surface area contributed by atoms with Crippen molar-refractivity contribution in [3.05, 3.63) is 42.2 Å². The van der Waals surface area contributed by atoms with Gasteiger partial charge in [0.25, 0.3) is 5.91 Å². The number of aromatic nitrogens is 1. The maximum atomic E-state index is 12.3. The summed E-state index contributed by atoms with van der Waals surface area (Å²) in [4.78, 5) is 12.3. The van der Waals surface area contributed by atoms with Crippen molar-refractivity contribution in [1.29, 1.82) is 0 Å². The molecular formula is C15H19N3O3. The molecule has 1 aromatic heterocycles. The van der Waals surface area contributed by atoms with Crippen molar-refractivity contribution >= 4 is 17.3 Å². The first-order valence-electron chi connectivity index (χ1n) is 6.54. The van der Waals surface area contributed by atoms with E-state index in [2.05, 4.69) is 5.32 Å². The van der Waals surface area contributed by atoms with Crippen LogP contribution >= 0.6 is 0 Å². The molecule has 6 nitrogen and oxygen atoms in total. The minimum atomic E-state index is -0.194. The van der Waals surface area contributed by atoms with Gasteiger partial charge in [0.1, 0.15) is 11.4 Å². The molecule has 2 rings (SSSR count). The van der Waals surface area contributed by atoms with Crippen LogP contribution in [0.5, 0.6) is 5.75 Å². The highest BCUT2D eigenvalue weighted by molar-refractivity contribution is 6.03. The summed E-state index contributed by atoms with van der Waals surface area (Å²) in [6.07, 6.45) is 1.84. The van der Waals surface area contributed by atoms with Gasteiger partial charge in [-0.1, -0.05) is 0 Å². The van der Waals surface area contributed by atoms with Crippen molar-refractivity contribution in [3.63, 3.8) is 0 Å². The molecule has 1 amide bonds. The highest BCUT2D eigenvalue weighted by atomic mass is 16.5. The van der Waals surface area contributed by atoms with Crippen molar-refractivity contribution in [2.45, 2.75) is 6.54 Å². The van der Waals surface area contributed by atoms with Gasteiger partial charge in [-0.25, -0.2) is 0 Å². The Morgan fingerprint density at radius 3 is 2.81 bits per heavy atom. The molecule has 0 saturated heterocycles. The Morgan fingerprint density at radius 1 is 1.33 bits per heavy atom. The van der Waals surface area contributed by atoms with Crippen LogP contribution in [-0.4, -0.2) is 31.3 Å². The number of carbonyl (C=O) groups is 1. The van der Waals surface area contributed by atoms with Crippen LogP contribution in [0.25, 0.3) is 0 Å². The molecule has 0 spiro atoms. The highest BCUT2D eigenvalue weighted by Crippen LogP contribution is 2.24. The number of nitrogens with zero attached hydrogens (tertiary/aromatic N) is 1. The third-order valence-corrected chi connectivity index (χ3v) is 3.09. The zero-order valence-electron chi connectivity index (χ0n) is 12.1. The van der Waals surface area contributed by atoms with Gasteiger partial charge in [-0.05, 0) is 30.3 Å². The fraction of sp³-hybridized carbons (Fsp3) is 0.267. The lowest BCUT2D eigenvalue weighted by atomic mass is 10.2. The molecule has 0 unspecified atom stereocenters. The number of nitrogens with one attached hydrogen (secondary N) is 1. The van der Waals surface area contributed by atoms with Gasteiger partial charge in [0.05, 0.1) is 19.4 Å². The van der Waals surface area contributed by atoms with Crippen molar-refractivity contribution in [2.24, 2.45) is 0 Å². The van der Waals surface area contributed by atoms with E-state index < -0.39 is 0 Å². The Morgan fingerprint density at radius 2 is 2.14 bits per heavy atom. The number of rotatable bonds is 6. The SMILES string of the molecule is COCCn1cccc1C(=O)Nc1ccc(OC)c(N)c1. The van der Waals surface area contributed by atoms with Crippen molar-refractivity contribution in [3.8, 4) is 5.75 Å². The van der Waals surface area contributed by atoms with E-state index in [1.807, 2.05) is 16.8 Å². The standard InChI is InChI=1S/C15H19N3O3/c1-20-9-8-18-7-3-4-13(18)15(19)17-11-5-6-14(21-2)12(16)10-11/h3-7,10H,8-9,16H2,1-2H3,(H,17,19). The number of ether oxygens (including phenoxy) is 2. The van der Waals surface area contributed by atoms with Crippen LogP contribution in [0.1, 0.15) is 10.5 Å². The average molecular weight is 289 g/mol. The first-order chi connectivity index (χ1) is 10.2. The lowest BCUT2D eigenvalue weighted by Crippen LogP contribution is -2.18. The lowest BCUT2D eigenvalue weighted by molar-refractivity contribution is 0.101. The van der Waals surface area contributed by atoms with Gasteiger partial charge in [-0.2, -0.15) is 0 Å². The van der Waals surface area contributed by atoms with Gasteiger partial charge in [0.2, 0.25) is 0 Å². The molecule has 0 aliphatic heterocycles. The van der Waals surface area contributed by atoms with E-state index in [1.165, 1.54) is 0 Å². The minimum absolute atomic E-state index is 0.194. The van der Waals surface area contributed by atoms with Gasteiger partial charge < -0.3 is 25.1 Å². The summed E-state index contributed by atoms with van der Waals surface area (Å²) in [5.74, 6) is 0.386. The smallest absolute Gasteiger partial charge is 0.272 e. The number of methoxy groups -OCH3 is 2. The van der Waals surface area contributed by atoms with Crippen LogP contribution in [0.4, 0.5) is 11.4 Å². The zero-order chi connectivity index (χ0) is 15.2. The fourth-order valence-corrected chi connectivity index (χ4v) is 2.01. The molecule has 0 atom stereocenters. The van der Waals surface area contributed by atoms with E-state index >= 15 is 0 Å². The lowest BCUT2D eigenvalue weighted by Gasteiger charge is -2.11. The van der Waals surface area contributed by atoms with Crippen LogP contribution in [0.15, 0.2) is 36.5 Å². The minimum Gasteiger partial charge on any atom is -0.495 e. The van der Waals surface area contributed by atoms with Gasteiger partial charge in [0.15, 0.2) is 0 Å². The summed E-state index contributed by atoms with van der Waals surface area (Å²) in [6.45, 7) is 1.17. The quantitative estimate of drug-likeness (QED) is 0.797. The van der Waals surface area contributed by atoms with E-state index in [4.69, 9.17) is 15.2 Å². The molecule has 6 heteroatoms. The Bertz CT molecular complexity index is 622. The number of anilines is 2. The summed E-state index contributed by atoms with van der Waals surface area (Å²) in [5.41, 5.74) is 7.49. The van der Waals surface area contributed by atoms with Crippen LogP contribution in [0.3, 0.4) is 0 Å². The van der Waals surface area contributed by atoms with Crippen molar-refractivity contribution in [2.75, 3.05) is 31.9 Å². The summed E-state index contributed by atoms with van der Waals surface area (Å²) in [5, 5.41) is 2.82. The Kier molecular flexibility index (Phi) is 4.84. The van der Waals surface area contributed by atoms with Crippen LogP contribution in [0, 0.1) is 0 Å². The van der Waals surface area contributed by atoms with Crippen LogP contribution in [0.2, 0.25) is 0 Å². The third kappa shape index (κ3) is 3.55. The molecular weight excluding hydrogens is 270 g/mol. The fourth-order valence-electron chi connectivity index (χ4n) is 2.01. The van der Waals surface area contributed by atoms with Crippen molar-refractivity contribution < 1.29 is 14.3 Å². The van der Waals surface area contributed by atoms with Gasteiger partial charge >= 0.3 is 0 Å². The normalized spacial score (nSPS) is 10.4. The Hall–Kier alpha value is -2.47. The third-order valence-electron chi connectivity index (χ3n) is 3.09. The molecule has 112 valence electrons. The molecule has 0 aliphatic carbocycles. The second kappa shape index (κ2) is 6.81. The van der Waals surface area contributed by atoms with Crippen molar-refractivity contribution in [1.82, 2.24) is 4.57 Å². The van der Waals surface area contributed by atoms with Gasteiger partial charge in [-0.15, -0.1) is 0 Å². The van der Waals surface area contributed by atoms with E-state index in [0.29, 0.717) is 36.0 Å². The molecule has 1 heterocycles. The molecule has 0 saturated carbocycles. The first kappa shape index (κ1) is 14.9. The average Bonchev–Trinajstić information content (AvgIpc) is 2.93. The molecule has 0 radical (unpaired) electrons. The van der Waals surface area contributed by atoms with E-state index in [9.17, 15) is 4.79 Å². The number of benzene rings is 1. The monoisotopic (exact) mass is 289 g/mol. The molecule has 21 heavy (non-hydrogen) atoms. The molecule has 0 fully saturated rings. The maximum absolute atomic E-state index is 12.3. The van der Waals surface area contributed by atoms with E-state index in [1.54, 1.807) is 38.5 Å². The topological polar surface area (TPSA) is 78.5 Å². The molecule has 0 bridgehead atoms. The van der Waals surface area contributed by atoms with Gasteiger partial charge in [-0.3, -0.25) is 4.79 Å². The second-order valence-corrected chi connectivity index (χ2v) is 4.49. The highest BCUT2D eigenvalue weighted by Gasteiger charge is 2.11. The predicted molar refractivity (Wildman–Crippen MR) is 81.7 cm³/mol. The first-order valence-corrected chi connectivity index (χ1v) is 6.54. The molecule has 0 aliphatic rings. The number of carbonyl (C=O) groups excluding carboxylic acids is 1.